The molecule has 2 unspecified atom stereocenters. The second-order valence-corrected chi connectivity index (χ2v) is 7.03. The highest BCUT2D eigenvalue weighted by molar-refractivity contribution is 5.93. The van der Waals surface area contributed by atoms with Gasteiger partial charge >= 0.3 is 6.15 Å². The predicted octanol–water partition coefficient (Wildman–Crippen LogP) is 4.03. The number of aryl methyl sites for hydroxylation is 1. The fraction of sp³-hybridized carbons (Fsp3) is 0.348. The Morgan fingerprint density at radius 2 is 1.79 bits per heavy atom. The number of amides is 1. The number of nitrogens with one attached hydrogen (secondary N) is 1. The molecule has 6 heteroatoms. The smallest absolute Gasteiger partial charge is 0.373 e. The molecule has 1 amide bonds. The maximum Gasteiger partial charge on any atom is 0.373 e. The number of rotatable bonds is 4. The molecule has 0 radical (unpaired) electrons. The van der Waals surface area contributed by atoms with Gasteiger partial charge in [0.05, 0.1) is 18.5 Å². The highest BCUT2D eigenvalue weighted by Gasteiger charge is 2.32. The lowest BCUT2D eigenvalue weighted by molar-refractivity contribution is -0.191. The molecule has 2 aromatic carbocycles. The molecule has 6 nitrogen and oxygen atoms in total. The molecule has 1 N–H and O–H groups in total. The molecule has 0 fully saturated rings. The maximum atomic E-state index is 12.2. The second kappa shape index (κ2) is 10.2. The van der Waals surface area contributed by atoms with Gasteiger partial charge in [0.2, 0.25) is 5.91 Å². The SMILES string of the molecule is CCc1ccc2c(c1)C(Nc1ccc(CC#N)cc1)CC(C)N2C(C)=O.O=C=O. The van der Waals surface area contributed by atoms with Gasteiger partial charge in [0.15, 0.2) is 0 Å². The van der Waals surface area contributed by atoms with Crippen LogP contribution in [0.25, 0.3) is 0 Å². The summed E-state index contributed by atoms with van der Waals surface area (Å²) in [5.41, 5.74) is 5.52. The Kier molecular flexibility index (Phi) is 7.70. The van der Waals surface area contributed by atoms with Crippen LogP contribution in [-0.4, -0.2) is 18.1 Å². The average Bonchev–Trinajstić information content (AvgIpc) is 2.69. The summed E-state index contributed by atoms with van der Waals surface area (Å²) < 4.78 is 0. The monoisotopic (exact) mass is 391 g/mol. The lowest BCUT2D eigenvalue weighted by atomic mass is 9.89. The van der Waals surface area contributed by atoms with Gasteiger partial charge in [-0.25, -0.2) is 0 Å². The number of carbonyl (C=O) groups excluding carboxylic acids is 3. The highest BCUT2D eigenvalue weighted by atomic mass is 16.2. The van der Waals surface area contributed by atoms with Crippen LogP contribution in [0, 0.1) is 11.3 Å². The normalized spacial score (nSPS) is 17.1. The van der Waals surface area contributed by atoms with Crippen LogP contribution in [0.4, 0.5) is 11.4 Å². The fourth-order valence-corrected chi connectivity index (χ4v) is 3.76. The third kappa shape index (κ3) is 5.31. The minimum Gasteiger partial charge on any atom is -0.378 e. The Morgan fingerprint density at radius 1 is 1.17 bits per heavy atom. The first kappa shape index (κ1) is 21.9. The fourth-order valence-electron chi connectivity index (χ4n) is 3.76. The second-order valence-electron chi connectivity index (χ2n) is 7.03. The minimum absolute atomic E-state index is 0.0855. The van der Waals surface area contributed by atoms with Crippen LogP contribution in [0.1, 0.15) is 49.9 Å². The molecule has 3 rings (SSSR count). The number of benzene rings is 2. The van der Waals surface area contributed by atoms with Crippen LogP contribution in [0.2, 0.25) is 0 Å². The standard InChI is InChI=1S/C22H25N3O.CO2/c1-4-17-7-10-22-20(14-17)21(13-15(2)25(22)16(3)26)24-19-8-5-18(6-9-19)11-12-23;2-1-3/h5-10,14-15,21,24H,4,11,13H2,1-3H3;. The van der Waals surface area contributed by atoms with Crippen LogP contribution in [0.15, 0.2) is 42.5 Å². The summed E-state index contributed by atoms with van der Waals surface area (Å²) in [6.45, 7) is 5.88. The Labute approximate surface area is 171 Å². The number of nitriles is 1. The number of hydrogen-bond donors (Lipinski definition) is 1. The molecule has 2 aromatic rings. The number of hydrogen-bond acceptors (Lipinski definition) is 5. The highest BCUT2D eigenvalue weighted by Crippen LogP contribution is 2.39. The summed E-state index contributed by atoms with van der Waals surface area (Å²) in [5.74, 6) is 0.0855. The van der Waals surface area contributed by atoms with Gasteiger partial charge in [-0.05, 0) is 54.7 Å². The summed E-state index contributed by atoms with van der Waals surface area (Å²) in [5, 5.41) is 12.4. The van der Waals surface area contributed by atoms with Crippen LogP contribution in [-0.2, 0) is 27.2 Å². The molecule has 1 aliphatic rings. The van der Waals surface area contributed by atoms with Crippen molar-refractivity contribution in [2.45, 2.75) is 52.1 Å². The molecule has 0 saturated heterocycles. The Bertz CT molecular complexity index is 925. The minimum atomic E-state index is 0.0855. The maximum absolute atomic E-state index is 12.2. The van der Waals surface area contributed by atoms with Crippen molar-refractivity contribution in [2.24, 2.45) is 0 Å². The van der Waals surface area contributed by atoms with E-state index < -0.39 is 0 Å². The number of anilines is 2. The first-order chi connectivity index (χ1) is 13.9. The van der Waals surface area contributed by atoms with E-state index in [0.717, 1.165) is 29.8 Å². The number of fused-ring (bicyclic) bond motifs is 1. The summed E-state index contributed by atoms with van der Waals surface area (Å²) in [6.07, 6.45) is 2.51. The van der Waals surface area contributed by atoms with Crippen molar-refractivity contribution < 1.29 is 14.4 Å². The number of nitrogens with zero attached hydrogens (tertiary/aromatic N) is 2. The molecule has 2 atom stereocenters. The van der Waals surface area contributed by atoms with Gasteiger partial charge in [-0.15, -0.1) is 0 Å². The largest absolute Gasteiger partial charge is 0.378 e. The summed E-state index contributed by atoms with van der Waals surface area (Å²) in [4.78, 5) is 30.3. The third-order valence-corrected chi connectivity index (χ3v) is 5.07. The zero-order chi connectivity index (χ0) is 21.4. The lowest BCUT2D eigenvalue weighted by Crippen LogP contribution is -2.43. The Balaban J connectivity index is 0.000000941. The van der Waals surface area contributed by atoms with E-state index in [0.29, 0.717) is 6.42 Å². The van der Waals surface area contributed by atoms with Gasteiger partial charge in [-0.3, -0.25) is 4.79 Å². The molecule has 29 heavy (non-hydrogen) atoms. The van der Waals surface area contributed by atoms with Gasteiger partial charge < -0.3 is 10.2 Å². The summed E-state index contributed by atoms with van der Waals surface area (Å²) in [7, 11) is 0. The van der Waals surface area contributed by atoms with E-state index in [2.05, 4.69) is 43.4 Å². The quantitative estimate of drug-likeness (QED) is 0.850. The van der Waals surface area contributed by atoms with E-state index in [4.69, 9.17) is 14.9 Å². The zero-order valence-electron chi connectivity index (χ0n) is 16.9. The van der Waals surface area contributed by atoms with Crippen LogP contribution in [0.5, 0.6) is 0 Å². The molecule has 1 heterocycles. The average molecular weight is 391 g/mol. The van der Waals surface area contributed by atoms with E-state index in [9.17, 15) is 4.79 Å². The van der Waals surface area contributed by atoms with Crippen molar-refractivity contribution in [3.05, 3.63) is 59.2 Å². The van der Waals surface area contributed by atoms with E-state index in [1.807, 2.05) is 29.2 Å². The number of carbonyl (C=O) groups is 1. The lowest BCUT2D eigenvalue weighted by Gasteiger charge is -2.39. The molecule has 0 aromatic heterocycles. The molecule has 0 spiro atoms. The van der Waals surface area contributed by atoms with Crippen LogP contribution < -0.4 is 10.2 Å². The molecule has 150 valence electrons. The van der Waals surface area contributed by atoms with Crippen molar-refractivity contribution >= 4 is 23.4 Å². The van der Waals surface area contributed by atoms with Crippen LogP contribution in [0.3, 0.4) is 0 Å². The third-order valence-electron chi connectivity index (χ3n) is 5.07. The molecular formula is C23H25N3O3. The van der Waals surface area contributed by atoms with E-state index >= 15 is 0 Å². The molecule has 0 aliphatic carbocycles. The molecular weight excluding hydrogens is 366 g/mol. The molecule has 1 aliphatic heterocycles. The Morgan fingerprint density at radius 3 is 2.34 bits per heavy atom. The summed E-state index contributed by atoms with van der Waals surface area (Å²) >= 11 is 0. The first-order valence-corrected chi connectivity index (χ1v) is 9.59. The summed E-state index contributed by atoms with van der Waals surface area (Å²) in [6, 6.07) is 16.9. The van der Waals surface area contributed by atoms with Gasteiger partial charge in [-0.1, -0.05) is 31.2 Å². The van der Waals surface area contributed by atoms with E-state index in [-0.39, 0.29) is 24.1 Å². The van der Waals surface area contributed by atoms with Crippen molar-refractivity contribution in [3.8, 4) is 6.07 Å². The van der Waals surface area contributed by atoms with Crippen molar-refractivity contribution in [3.63, 3.8) is 0 Å². The van der Waals surface area contributed by atoms with Crippen molar-refractivity contribution in [1.82, 2.24) is 0 Å². The van der Waals surface area contributed by atoms with E-state index in [1.54, 1.807) is 6.92 Å². The van der Waals surface area contributed by atoms with Gasteiger partial charge in [0.1, 0.15) is 0 Å². The van der Waals surface area contributed by atoms with Gasteiger partial charge in [0.25, 0.3) is 0 Å². The zero-order valence-corrected chi connectivity index (χ0v) is 16.9. The van der Waals surface area contributed by atoms with E-state index in [1.165, 1.54) is 11.1 Å². The predicted molar refractivity (Wildman–Crippen MR) is 110 cm³/mol. The topological polar surface area (TPSA) is 90.3 Å². The van der Waals surface area contributed by atoms with Gasteiger partial charge in [-0.2, -0.15) is 14.9 Å². The van der Waals surface area contributed by atoms with Crippen molar-refractivity contribution in [2.75, 3.05) is 10.2 Å². The Hall–Kier alpha value is -3.42. The first-order valence-electron chi connectivity index (χ1n) is 9.59. The van der Waals surface area contributed by atoms with Crippen LogP contribution >= 0.6 is 0 Å². The molecule has 0 saturated carbocycles. The molecule has 0 bridgehead atoms. The van der Waals surface area contributed by atoms with Crippen molar-refractivity contribution in [1.29, 1.82) is 5.26 Å². The van der Waals surface area contributed by atoms with Gasteiger partial charge in [0, 0.05) is 24.3 Å².